The highest BCUT2D eigenvalue weighted by atomic mass is 16.6. The lowest BCUT2D eigenvalue weighted by atomic mass is 10.2. The maximum Gasteiger partial charge on any atom is 0.410 e. The monoisotopic (exact) mass is 295 g/mol. The summed E-state index contributed by atoms with van der Waals surface area (Å²) >= 11 is 0. The van der Waals surface area contributed by atoms with Gasteiger partial charge in [-0.25, -0.2) is 9.78 Å². The van der Waals surface area contributed by atoms with E-state index in [0.717, 1.165) is 18.8 Å². The largest absolute Gasteiger partial charge is 0.444 e. The third-order valence-corrected chi connectivity index (χ3v) is 3.07. The van der Waals surface area contributed by atoms with Crippen molar-refractivity contribution in [3.8, 4) is 0 Å². The number of nitrogens with two attached hydrogens (primary N) is 1. The summed E-state index contributed by atoms with van der Waals surface area (Å²) in [7, 11) is 0. The highest BCUT2D eigenvalue weighted by Crippen LogP contribution is 2.17. The smallest absolute Gasteiger partial charge is 0.410 e. The number of piperazine rings is 1. The van der Waals surface area contributed by atoms with Crippen LogP contribution >= 0.6 is 0 Å². The van der Waals surface area contributed by atoms with Gasteiger partial charge in [-0.3, -0.25) is 0 Å². The van der Waals surface area contributed by atoms with Gasteiger partial charge < -0.3 is 26.4 Å². The number of anilines is 2. The van der Waals surface area contributed by atoms with Crippen LogP contribution in [-0.4, -0.2) is 47.8 Å². The maximum absolute atomic E-state index is 12.0. The van der Waals surface area contributed by atoms with Crippen LogP contribution < -0.4 is 16.8 Å². The van der Waals surface area contributed by atoms with E-state index >= 15 is 0 Å². The number of carbonyl (C=O) groups is 1. The third-order valence-electron chi connectivity index (χ3n) is 3.07. The molecule has 7 heteroatoms. The molecule has 7 nitrogen and oxygen atoms in total. The molecular formula is C14H25N5O2. The molecule has 5 N–H and O–H groups in total. The Morgan fingerprint density at radius 3 is 2.33 bits per heavy atom. The van der Waals surface area contributed by atoms with E-state index in [2.05, 4.69) is 9.88 Å². The Balaban J connectivity index is 0.00000220. The van der Waals surface area contributed by atoms with Crippen molar-refractivity contribution >= 4 is 17.6 Å². The molecule has 0 spiro atoms. The predicted molar refractivity (Wildman–Crippen MR) is 83.7 cm³/mol. The van der Waals surface area contributed by atoms with Crippen molar-refractivity contribution in [1.29, 1.82) is 0 Å². The normalized spacial score (nSPS) is 15.4. The summed E-state index contributed by atoms with van der Waals surface area (Å²) in [6.07, 6.45) is 1.52. The number of nitrogen functional groups attached to an aromatic ring is 1. The lowest BCUT2D eigenvalue weighted by Gasteiger charge is -2.36. The Morgan fingerprint density at radius 2 is 1.86 bits per heavy atom. The molecule has 1 amide bonds. The number of hydrogen-bond acceptors (Lipinski definition) is 6. The molecule has 0 radical (unpaired) electrons. The van der Waals surface area contributed by atoms with E-state index in [4.69, 9.17) is 10.5 Å². The number of carbonyl (C=O) groups excluding carboxylic acids is 1. The Morgan fingerprint density at radius 1 is 1.24 bits per heavy atom. The van der Waals surface area contributed by atoms with E-state index in [9.17, 15) is 4.79 Å². The number of pyridine rings is 1. The molecule has 1 aromatic heterocycles. The molecule has 0 aliphatic carbocycles. The highest BCUT2D eigenvalue weighted by molar-refractivity contribution is 5.68. The lowest BCUT2D eigenvalue weighted by Crippen LogP contribution is -2.50. The van der Waals surface area contributed by atoms with Crippen LogP contribution in [0.5, 0.6) is 0 Å². The molecule has 2 rings (SSSR count). The molecule has 1 aliphatic rings. The number of aromatic nitrogens is 1. The standard InChI is InChI=1S/C14H22N4O2.H3N/c1-14(2,3)20-13(19)18-8-6-17(7-9-18)11-4-5-12(15)16-10-11;/h4-5,10H,6-9H2,1-3H3,(H2,15,16);1H3. The summed E-state index contributed by atoms with van der Waals surface area (Å²) in [6, 6.07) is 3.74. The van der Waals surface area contributed by atoms with Gasteiger partial charge in [0.25, 0.3) is 0 Å². The summed E-state index contributed by atoms with van der Waals surface area (Å²) in [5, 5.41) is 0. The number of hydrogen-bond donors (Lipinski definition) is 2. The predicted octanol–water partition coefficient (Wildman–Crippen LogP) is 1.88. The second-order valence-electron chi connectivity index (χ2n) is 5.90. The maximum atomic E-state index is 12.0. The number of amides is 1. The van der Waals surface area contributed by atoms with Gasteiger partial charge in [0.1, 0.15) is 11.4 Å². The molecular weight excluding hydrogens is 270 g/mol. The second kappa shape index (κ2) is 6.62. The Bertz CT molecular complexity index is 461. The minimum absolute atomic E-state index is 0. The van der Waals surface area contributed by atoms with Crippen LogP contribution in [-0.2, 0) is 4.74 Å². The highest BCUT2D eigenvalue weighted by Gasteiger charge is 2.25. The van der Waals surface area contributed by atoms with Gasteiger partial charge in [0, 0.05) is 26.2 Å². The molecule has 1 fully saturated rings. The van der Waals surface area contributed by atoms with Crippen LogP contribution in [0.1, 0.15) is 20.8 Å². The minimum atomic E-state index is -0.449. The minimum Gasteiger partial charge on any atom is -0.444 e. The topological polar surface area (TPSA) is 107 Å². The zero-order valence-electron chi connectivity index (χ0n) is 13.0. The van der Waals surface area contributed by atoms with Crippen molar-refractivity contribution < 1.29 is 9.53 Å². The van der Waals surface area contributed by atoms with Crippen molar-refractivity contribution in [3.05, 3.63) is 18.3 Å². The zero-order valence-corrected chi connectivity index (χ0v) is 13.0. The van der Waals surface area contributed by atoms with Crippen LogP contribution in [0.2, 0.25) is 0 Å². The van der Waals surface area contributed by atoms with E-state index in [0.29, 0.717) is 18.9 Å². The van der Waals surface area contributed by atoms with Gasteiger partial charge >= 0.3 is 6.09 Å². The molecule has 0 saturated carbocycles. The van der Waals surface area contributed by atoms with Crippen LogP contribution in [0, 0.1) is 0 Å². The quantitative estimate of drug-likeness (QED) is 0.819. The van der Waals surface area contributed by atoms with E-state index in [-0.39, 0.29) is 12.2 Å². The van der Waals surface area contributed by atoms with Crippen molar-refractivity contribution in [1.82, 2.24) is 16.0 Å². The summed E-state index contributed by atoms with van der Waals surface area (Å²) in [5.41, 5.74) is 6.16. The summed E-state index contributed by atoms with van der Waals surface area (Å²) in [4.78, 5) is 20.0. The SMILES string of the molecule is CC(C)(C)OC(=O)N1CCN(c2ccc(N)nc2)CC1.N. The molecule has 1 saturated heterocycles. The molecule has 0 aromatic carbocycles. The number of ether oxygens (including phenoxy) is 1. The van der Waals surface area contributed by atoms with Crippen LogP contribution in [0.3, 0.4) is 0 Å². The average Bonchev–Trinajstić information content (AvgIpc) is 2.38. The first kappa shape index (κ1) is 17.0. The molecule has 118 valence electrons. The molecule has 21 heavy (non-hydrogen) atoms. The molecule has 0 bridgehead atoms. The van der Waals surface area contributed by atoms with Crippen molar-refractivity contribution in [3.63, 3.8) is 0 Å². The first-order valence-corrected chi connectivity index (χ1v) is 6.79. The molecule has 1 aliphatic heterocycles. The van der Waals surface area contributed by atoms with Crippen LogP contribution in [0.25, 0.3) is 0 Å². The van der Waals surface area contributed by atoms with Gasteiger partial charge in [-0.1, -0.05) is 0 Å². The fraction of sp³-hybridized carbons (Fsp3) is 0.571. The van der Waals surface area contributed by atoms with E-state index in [1.165, 1.54) is 0 Å². The van der Waals surface area contributed by atoms with Gasteiger partial charge in [-0.2, -0.15) is 0 Å². The molecule has 0 unspecified atom stereocenters. The fourth-order valence-electron chi connectivity index (χ4n) is 2.06. The second-order valence-corrected chi connectivity index (χ2v) is 5.90. The fourth-order valence-corrected chi connectivity index (χ4v) is 2.06. The van der Waals surface area contributed by atoms with Crippen molar-refractivity contribution in [2.45, 2.75) is 26.4 Å². The Kier molecular flexibility index (Phi) is 5.37. The van der Waals surface area contributed by atoms with Gasteiger partial charge in [-0.15, -0.1) is 0 Å². The zero-order chi connectivity index (χ0) is 14.8. The van der Waals surface area contributed by atoms with Gasteiger partial charge in [0.15, 0.2) is 0 Å². The Labute approximate surface area is 125 Å². The summed E-state index contributed by atoms with van der Waals surface area (Å²) in [6.45, 7) is 8.47. The van der Waals surface area contributed by atoms with Crippen LogP contribution in [0.4, 0.5) is 16.3 Å². The van der Waals surface area contributed by atoms with E-state index < -0.39 is 5.60 Å². The molecule has 1 aromatic rings. The molecule has 0 atom stereocenters. The van der Waals surface area contributed by atoms with Crippen molar-refractivity contribution in [2.75, 3.05) is 36.8 Å². The van der Waals surface area contributed by atoms with E-state index in [1.54, 1.807) is 17.2 Å². The van der Waals surface area contributed by atoms with Gasteiger partial charge in [0.05, 0.1) is 11.9 Å². The first-order valence-electron chi connectivity index (χ1n) is 6.79. The van der Waals surface area contributed by atoms with Gasteiger partial charge in [0.2, 0.25) is 0 Å². The third kappa shape index (κ3) is 4.78. The Hall–Kier alpha value is -2.02. The molecule has 2 heterocycles. The summed E-state index contributed by atoms with van der Waals surface area (Å²) < 4.78 is 5.37. The van der Waals surface area contributed by atoms with Crippen molar-refractivity contribution in [2.24, 2.45) is 0 Å². The van der Waals surface area contributed by atoms with Crippen LogP contribution in [0.15, 0.2) is 18.3 Å². The number of rotatable bonds is 1. The first-order chi connectivity index (χ1) is 9.35. The van der Waals surface area contributed by atoms with E-state index in [1.807, 2.05) is 26.8 Å². The lowest BCUT2D eigenvalue weighted by molar-refractivity contribution is 0.0240. The average molecular weight is 295 g/mol. The summed E-state index contributed by atoms with van der Waals surface area (Å²) in [5.74, 6) is 0.515. The number of nitrogens with zero attached hydrogens (tertiary/aromatic N) is 3. The van der Waals surface area contributed by atoms with Gasteiger partial charge in [-0.05, 0) is 32.9 Å².